The Morgan fingerprint density at radius 3 is 3.00 bits per heavy atom. The van der Waals surface area contributed by atoms with Gasteiger partial charge in [0.2, 0.25) is 0 Å². The van der Waals surface area contributed by atoms with E-state index >= 15 is 0 Å². The van der Waals surface area contributed by atoms with Crippen molar-refractivity contribution in [2.75, 3.05) is 5.32 Å². The lowest BCUT2D eigenvalue weighted by Gasteiger charge is -2.00. The van der Waals surface area contributed by atoms with Crippen LogP contribution in [0.15, 0.2) is 39.7 Å². The maximum Gasteiger partial charge on any atom is 0.155 e. The molecule has 0 saturated carbocycles. The van der Waals surface area contributed by atoms with Crippen molar-refractivity contribution in [3.63, 3.8) is 0 Å². The molecule has 0 spiro atoms. The number of furan rings is 1. The third-order valence-corrected chi connectivity index (χ3v) is 4.01. The molecule has 1 aliphatic heterocycles. The summed E-state index contributed by atoms with van der Waals surface area (Å²) in [7, 11) is 0. The predicted octanol–water partition coefficient (Wildman–Crippen LogP) is 2.51. The summed E-state index contributed by atoms with van der Waals surface area (Å²) in [6, 6.07) is 3.85. The van der Waals surface area contributed by atoms with Gasteiger partial charge in [-0.1, -0.05) is 5.16 Å². The van der Waals surface area contributed by atoms with E-state index in [0.717, 1.165) is 34.9 Å². The average Bonchev–Trinajstić information content (AvgIpc) is 2.92. The van der Waals surface area contributed by atoms with Crippen molar-refractivity contribution in [3.8, 4) is 0 Å². The molecule has 2 atom stereocenters. The van der Waals surface area contributed by atoms with Crippen molar-refractivity contribution in [1.29, 1.82) is 0 Å². The molecule has 1 aliphatic rings. The number of hydrogen-bond acceptors (Lipinski definition) is 6. The molecule has 4 rings (SSSR count). The summed E-state index contributed by atoms with van der Waals surface area (Å²) in [6.07, 6.45) is 6.36. The van der Waals surface area contributed by atoms with E-state index in [2.05, 4.69) is 15.6 Å². The molecule has 0 amide bonds. The van der Waals surface area contributed by atoms with Gasteiger partial charge in [-0.15, -0.1) is 0 Å². The minimum atomic E-state index is 0.0109. The van der Waals surface area contributed by atoms with E-state index in [0.29, 0.717) is 6.54 Å². The summed E-state index contributed by atoms with van der Waals surface area (Å²) >= 11 is 0. The second kappa shape index (κ2) is 5.58. The lowest BCUT2D eigenvalue weighted by Crippen LogP contribution is -2.08. The molecule has 2 unspecified atom stereocenters. The van der Waals surface area contributed by atoms with E-state index in [-0.39, 0.29) is 12.3 Å². The second-order valence-corrected chi connectivity index (χ2v) is 5.75. The van der Waals surface area contributed by atoms with Gasteiger partial charge in [0, 0.05) is 18.2 Å². The molecular formula is C16H18N4O3. The van der Waals surface area contributed by atoms with Crippen LogP contribution in [0.5, 0.6) is 0 Å². The van der Waals surface area contributed by atoms with Crippen molar-refractivity contribution in [1.82, 2.24) is 14.9 Å². The number of nitrogens with zero attached hydrogens (tertiary/aromatic N) is 3. The summed E-state index contributed by atoms with van der Waals surface area (Å²) < 4.78 is 18.0. The summed E-state index contributed by atoms with van der Waals surface area (Å²) in [5, 5.41) is 11.6. The maximum absolute atomic E-state index is 5.61. The van der Waals surface area contributed by atoms with Gasteiger partial charge in [-0.2, -0.15) is 5.10 Å². The van der Waals surface area contributed by atoms with Crippen LogP contribution in [-0.4, -0.2) is 27.3 Å². The monoisotopic (exact) mass is 314 g/mol. The van der Waals surface area contributed by atoms with Gasteiger partial charge in [0.25, 0.3) is 0 Å². The minimum absolute atomic E-state index is 0.0109. The number of nitrogens with one attached hydrogen (secondary N) is 1. The number of aromatic nitrogens is 3. The van der Waals surface area contributed by atoms with Gasteiger partial charge in [0.1, 0.15) is 17.6 Å². The highest BCUT2D eigenvalue weighted by Gasteiger charge is 2.39. The molecule has 120 valence electrons. The lowest BCUT2D eigenvalue weighted by atomic mass is 10.2. The Hall–Kier alpha value is -2.54. The summed E-state index contributed by atoms with van der Waals surface area (Å²) in [5.41, 5.74) is 2.90. The molecule has 7 heteroatoms. The van der Waals surface area contributed by atoms with E-state index in [9.17, 15) is 0 Å². The molecule has 0 aliphatic carbocycles. The van der Waals surface area contributed by atoms with Crippen LogP contribution < -0.4 is 5.32 Å². The molecule has 0 bridgehead atoms. The molecule has 0 radical (unpaired) electrons. The van der Waals surface area contributed by atoms with E-state index in [1.807, 2.05) is 36.9 Å². The van der Waals surface area contributed by atoms with Gasteiger partial charge in [0.05, 0.1) is 30.4 Å². The zero-order valence-electron chi connectivity index (χ0n) is 13.0. The van der Waals surface area contributed by atoms with Crippen molar-refractivity contribution in [3.05, 3.63) is 53.6 Å². The fourth-order valence-corrected chi connectivity index (χ4v) is 2.63. The van der Waals surface area contributed by atoms with Crippen LogP contribution in [0, 0.1) is 13.8 Å². The van der Waals surface area contributed by atoms with Gasteiger partial charge < -0.3 is 19.0 Å². The largest absolute Gasteiger partial charge is 0.469 e. The number of anilines is 1. The third kappa shape index (κ3) is 3.00. The first-order valence-electron chi connectivity index (χ1n) is 7.57. The Kier molecular flexibility index (Phi) is 3.42. The van der Waals surface area contributed by atoms with Crippen molar-refractivity contribution in [2.24, 2.45) is 0 Å². The zero-order chi connectivity index (χ0) is 15.8. The van der Waals surface area contributed by atoms with Crippen LogP contribution in [0.2, 0.25) is 0 Å². The fraction of sp³-hybridized carbons (Fsp3) is 0.375. The minimum Gasteiger partial charge on any atom is -0.469 e. The highest BCUT2D eigenvalue weighted by molar-refractivity contribution is 5.40. The summed E-state index contributed by atoms with van der Waals surface area (Å²) in [4.78, 5) is 0. The fourth-order valence-electron chi connectivity index (χ4n) is 2.63. The van der Waals surface area contributed by atoms with Crippen LogP contribution in [-0.2, 0) is 17.7 Å². The maximum atomic E-state index is 5.61. The molecule has 3 aromatic rings. The molecular weight excluding hydrogens is 296 g/mol. The average molecular weight is 314 g/mol. The number of epoxide rings is 1. The third-order valence-electron chi connectivity index (χ3n) is 4.01. The van der Waals surface area contributed by atoms with Gasteiger partial charge >= 0.3 is 0 Å². The topological polar surface area (TPSA) is 81.5 Å². The molecule has 0 aromatic carbocycles. The van der Waals surface area contributed by atoms with Crippen LogP contribution in [0.1, 0.15) is 22.8 Å². The highest BCUT2D eigenvalue weighted by atomic mass is 16.6. The van der Waals surface area contributed by atoms with E-state index in [1.54, 1.807) is 12.5 Å². The normalized spacial score (nSPS) is 19.9. The molecule has 7 nitrogen and oxygen atoms in total. The van der Waals surface area contributed by atoms with Crippen LogP contribution in [0.25, 0.3) is 0 Å². The smallest absolute Gasteiger partial charge is 0.155 e. The van der Waals surface area contributed by atoms with E-state index in [1.165, 1.54) is 0 Å². The Labute approximate surface area is 133 Å². The Bertz CT molecular complexity index is 771. The number of ether oxygens (including phenoxy) is 1. The SMILES string of the molecule is Cc1noc(C)c1Cn1cc(NC2OC2Cc2ccco2)cn1. The zero-order valence-corrected chi connectivity index (χ0v) is 13.0. The van der Waals surface area contributed by atoms with Gasteiger partial charge in [-0.3, -0.25) is 4.68 Å². The lowest BCUT2D eigenvalue weighted by molar-refractivity contribution is 0.368. The summed E-state index contributed by atoms with van der Waals surface area (Å²) in [5.74, 6) is 1.77. The Morgan fingerprint density at radius 1 is 1.35 bits per heavy atom. The van der Waals surface area contributed by atoms with Gasteiger partial charge in [-0.05, 0) is 26.0 Å². The van der Waals surface area contributed by atoms with E-state index < -0.39 is 0 Å². The molecule has 1 fully saturated rings. The first kappa shape index (κ1) is 14.1. The number of hydrogen-bond donors (Lipinski definition) is 1. The van der Waals surface area contributed by atoms with Crippen LogP contribution >= 0.6 is 0 Å². The van der Waals surface area contributed by atoms with Crippen molar-refractivity contribution in [2.45, 2.75) is 39.1 Å². The quantitative estimate of drug-likeness (QED) is 0.704. The van der Waals surface area contributed by atoms with E-state index in [4.69, 9.17) is 13.7 Å². The van der Waals surface area contributed by atoms with Crippen molar-refractivity contribution >= 4 is 5.69 Å². The van der Waals surface area contributed by atoms with Crippen LogP contribution in [0.3, 0.4) is 0 Å². The molecule has 4 heterocycles. The van der Waals surface area contributed by atoms with Crippen LogP contribution in [0.4, 0.5) is 5.69 Å². The highest BCUT2D eigenvalue weighted by Crippen LogP contribution is 2.27. The summed E-state index contributed by atoms with van der Waals surface area (Å²) in [6.45, 7) is 4.49. The Morgan fingerprint density at radius 2 is 2.26 bits per heavy atom. The molecule has 1 saturated heterocycles. The van der Waals surface area contributed by atoms with Gasteiger partial charge in [0.15, 0.2) is 6.23 Å². The Balaban J connectivity index is 1.34. The number of rotatable bonds is 6. The standard InChI is InChI=1S/C16H18N4O3/c1-10-14(11(2)23-19-10)9-20-8-12(7-17-20)18-16-15(22-16)6-13-4-3-5-21-13/h3-5,7-8,15-16,18H,6,9H2,1-2H3. The first-order valence-corrected chi connectivity index (χ1v) is 7.57. The predicted molar refractivity (Wildman–Crippen MR) is 82.0 cm³/mol. The molecule has 3 aromatic heterocycles. The number of aryl methyl sites for hydroxylation is 2. The molecule has 23 heavy (non-hydrogen) atoms. The van der Waals surface area contributed by atoms with Gasteiger partial charge in [-0.25, -0.2) is 0 Å². The molecule has 1 N–H and O–H groups in total. The first-order chi connectivity index (χ1) is 11.2. The second-order valence-electron chi connectivity index (χ2n) is 5.75. The van der Waals surface area contributed by atoms with Crippen molar-refractivity contribution < 1.29 is 13.7 Å².